The molecular formula is C14H23N3O2S. The second-order valence-electron chi connectivity index (χ2n) is 5.82. The van der Waals surface area contributed by atoms with Crippen molar-refractivity contribution in [2.75, 3.05) is 17.6 Å². The van der Waals surface area contributed by atoms with Crippen molar-refractivity contribution in [2.24, 2.45) is 17.0 Å². The molecule has 0 heterocycles. The SMILES string of the molecule is CC1CCCC(CNc2ccc(N)cc2S(N)(=O)=O)C1. The summed E-state index contributed by atoms with van der Waals surface area (Å²) < 4.78 is 23.2. The van der Waals surface area contributed by atoms with Gasteiger partial charge in [-0.15, -0.1) is 0 Å². The highest BCUT2D eigenvalue weighted by Gasteiger charge is 2.20. The summed E-state index contributed by atoms with van der Waals surface area (Å²) in [5.41, 5.74) is 6.57. The number of nitrogen functional groups attached to an aromatic ring is 1. The predicted molar refractivity (Wildman–Crippen MR) is 81.8 cm³/mol. The molecule has 1 aromatic rings. The van der Waals surface area contributed by atoms with Gasteiger partial charge in [-0.3, -0.25) is 0 Å². The summed E-state index contributed by atoms with van der Waals surface area (Å²) in [6.45, 7) is 3.04. The zero-order valence-electron chi connectivity index (χ0n) is 11.8. The molecule has 6 heteroatoms. The first kappa shape index (κ1) is 15.1. The van der Waals surface area contributed by atoms with Crippen molar-refractivity contribution in [2.45, 2.75) is 37.5 Å². The standard InChI is InChI=1S/C14H23N3O2S/c1-10-3-2-4-11(7-10)9-17-13-6-5-12(15)8-14(13)20(16,18)19/h5-6,8,10-11,17H,2-4,7,9,15H2,1H3,(H2,16,18,19). The minimum absolute atomic E-state index is 0.0707. The molecule has 1 fully saturated rings. The summed E-state index contributed by atoms with van der Waals surface area (Å²) in [5, 5.41) is 8.46. The van der Waals surface area contributed by atoms with Crippen LogP contribution in [-0.2, 0) is 10.0 Å². The van der Waals surface area contributed by atoms with Crippen LogP contribution in [0.5, 0.6) is 0 Å². The molecule has 20 heavy (non-hydrogen) atoms. The quantitative estimate of drug-likeness (QED) is 0.742. The van der Waals surface area contributed by atoms with E-state index in [1.54, 1.807) is 12.1 Å². The summed E-state index contributed by atoms with van der Waals surface area (Å²) in [4.78, 5) is 0.0707. The van der Waals surface area contributed by atoms with Crippen LogP contribution >= 0.6 is 0 Å². The van der Waals surface area contributed by atoms with E-state index in [2.05, 4.69) is 12.2 Å². The van der Waals surface area contributed by atoms with Crippen LogP contribution in [0, 0.1) is 11.8 Å². The normalized spacial score (nSPS) is 23.5. The third-order valence-electron chi connectivity index (χ3n) is 3.94. The minimum atomic E-state index is -3.76. The molecule has 2 rings (SSSR count). The first-order valence-electron chi connectivity index (χ1n) is 7.02. The van der Waals surface area contributed by atoms with Gasteiger partial charge in [-0.1, -0.05) is 19.8 Å². The van der Waals surface area contributed by atoms with Gasteiger partial charge < -0.3 is 11.1 Å². The van der Waals surface area contributed by atoms with Crippen molar-refractivity contribution < 1.29 is 8.42 Å². The van der Waals surface area contributed by atoms with Gasteiger partial charge in [0.15, 0.2) is 0 Å². The molecule has 0 amide bonds. The van der Waals surface area contributed by atoms with E-state index < -0.39 is 10.0 Å². The number of nitrogens with two attached hydrogens (primary N) is 2. The molecule has 0 aromatic heterocycles. The number of hydrogen-bond donors (Lipinski definition) is 3. The number of primary sulfonamides is 1. The maximum absolute atomic E-state index is 11.6. The number of anilines is 2. The van der Waals surface area contributed by atoms with E-state index >= 15 is 0 Å². The molecule has 5 N–H and O–H groups in total. The Morgan fingerprint density at radius 3 is 2.75 bits per heavy atom. The second-order valence-corrected chi connectivity index (χ2v) is 7.35. The summed E-state index contributed by atoms with van der Waals surface area (Å²) in [7, 11) is -3.76. The molecule has 1 saturated carbocycles. The Balaban J connectivity index is 2.09. The molecule has 2 atom stereocenters. The molecule has 0 saturated heterocycles. The lowest BCUT2D eigenvalue weighted by atomic mass is 9.82. The van der Waals surface area contributed by atoms with E-state index in [1.165, 1.54) is 31.7 Å². The van der Waals surface area contributed by atoms with Gasteiger partial charge >= 0.3 is 0 Å². The molecule has 1 aliphatic carbocycles. The maximum Gasteiger partial charge on any atom is 0.240 e. The summed E-state index contributed by atoms with van der Waals surface area (Å²) in [5.74, 6) is 1.34. The molecule has 5 nitrogen and oxygen atoms in total. The summed E-state index contributed by atoms with van der Waals surface area (Å²) >= 11 is 0. The molecule has 1 aromatic carbocycles. The van der Waals surface area contributed by atoms with Crippen molar-refractivity contribution >= 4 is 21.4 Å². The van der Waals surface area contributed by atoms with Gasteiger partial charge in [0.25, 0.3) is 0 Å². The molecular weight excluding hydrogens is 274 g/mol. The Hall–Kier alpha value is -1.27. The number of nitrogens with one attached hydrogen (secondary N) is 1. The molecule has 0 bridgehead atoms. The average Bonchev–Trinajstić information content (AvgIpc) is 2.36. The van der Waals surface area contributed by atoms with Crippen LogP contribution < -0.4 is 16.2 Å². The van der Waals surface area contributed by atoms with E-state index in [0.717, 1.165) is 12.5 Å². The monoisotopic (exact) mass is 297 g/mol. The van der Waals surface area contributed by atoms with Gasteiger partial charge in [0, 0.05) is 12.2 Å². The number of sulfonamides is 1. The van der Waals surface area contributed by atoms with Gasteiger partial charge in [-0.05, 0) is 42.9 Å². The van der Waals surface area contributed by atoms with Crippen LogP contribution in [0.4, 0.5) is 11.4 Å². The zero-order chi connectivity index (χ0) is 14.8. The third kappa shape index (κ3) is 3.86. The lowest BCUT2D eigenvalue weighted by molar-refractivity contribution is 0.293. The van der Waals surface area contributed by atoms with E-state index in [9.17, 15) is 8.42 Å². The van der Waals surface area contributed by atoms with Crippen molar-refractivity contribution in [3.8, 4) is 0 Å². The second kappa shape index (κ2) is 6.01. The van der Waals surface area contributed by atoms with E-state index in [4.69, 9.17) is 10.9 Å². The molecule has 2 unspecified atom stereocenters. The van der Waals surface area contributed by atoms with Gasteiger partial charge in [0.05, 0.1) is 5.69 Å². The highest BCUT2D eigenvalue weighted by molar-refractivity contribution is 7.89. The molecule has 0 aliphatic heterocycles. The van der Waals surface area contributed by atoms with Crippen LogP contribution in [0.1, 0.15) is 32.6 Å². The lowest BCUT2D eigenvalue weighted by Crippen LogP contribution is -2.22. The first-order valence-corrected chi connectivity index (χ1v) is 8.57. The van der Waals surface area contributed by atoms with Gasteiger partial charge in [-0.2, -0.15) is 0 Å². The topological polar surface area (TPSA) is 98.2 Å². The fourth-order valence-electron chi connectivity index (χ4n) is 2.92. The van der Waals surface area contributed by atoms with Crippen molar-refractivity contribution in [3.05, 3.63) is 18.2 Å². The van der Waals surface area contributed by atoms with Crippen LogP contribution in [0.3, 0.4) is 0 Å². The van der Waals surface area contributed by atoms with Gasteiger partial charge in [0.1, 0.15) is 4.90 Å². The smallest absolute Gasteiger partial charge is 0.240 e. The zero-order valence-corrected chi connectivity index (χ0v) is 12.6. The Bertz CT molecular complexity index is 572. The first-order chi connectivity index (χ1) is 9.36. The Labute approximate surface area is 120 Å². The molecule has 112 valence electrons. The highest BCUT2D eigenvalue weighted by atomic mass is 32.2. The molecule has 0 radical (unpaired) electrons. The maximum atomic E-state index is 11.6. The fourth-order valence-corrected chi connectivity index (χ4v) is 3.67. The summed E-state index contributed by atoms with van der Waals surface area (Å²) in [6, 6.07) is 4.77. The Morgan fingerprint density at radius 2 is 2.10 bits per heavy atom. The Morgan fingerprint density at radius 1 is 1.35 bits per heavy atom. The van der Waals surface area contributed by atoms with Crippen molar-refractivity contribution in [3.63, 3.8) is 0 Å². The van der Waals surface area contributed by atoms with Crippen molar-refractivity contribution in [1.29, 1.82) is 0 Å². The highest BCUT2D eigenvalue weighted by Crippen LogP contribution is 2.30. The summed E-state index contributed by atoms with van der Waals surface area (Å²) in [6.07, 6.45) is 4.92. The molecule has 0 spiro atoms. The third-order valence-corrected chi connectivity index (χ3v) is 4.89. The van der Waals surface area contributed by atoms with Crippen LogP contribution in [-0.4, -0.2) is 15.0 Å². The van der Waals surface area contributed by atoms with Crippen LogP contribution in [0.25, 0.3) is 0 Å². The Kier molecular flexibility index (Phi) is 4.55. The minimum Gasteiger partial charge on any atom is -0.399 e. The van der Waals surface area contributed by atoms with Crippen LogP contribution in [0.15, 0.2) is 23.1 Å². The van der Waals surface area contributed by atoms with Crippen LogP contribution in [0.2, 0.25) is 0 Å². The largest absolute Gasteiger partial charge is 0.399 e. The number of rotatable bonds is 4. The van der Waals surface area contributed by atoms with E-state index in [-0.39, 0.29) is 4.90 Å². The predicted octanol–water partition coefficient (Wildman–Crippen LogP) is 2.15. The molecule has 1 aliphatic rings. The lowest BCUT2D eigenvalue weighted by Gasteiger charge is -2.27. The van der Waals surface area contributed by atoms with Crippen molar-refractivity contribution in [1.82, 2.24) is 0 Å². The van der Waals surface area contributed by atoms with E-state index in [0.29, 0.717) is 17.3 Å². The fraction of sp³-hybridized carbons (Fsp3) is 0.571. The number of hydrogen-bond acceptors (Lipinski definition) is 4. The van der Waals surface area contributed by atoms with E-state index in [1.807, 2.05) is 0 Å². The average molecular weight is 297 g/mol. The number of benzene rings is 1. The van der Waals surface area contributed by atoms with Gasteiger partial charge in [0.2, 0.25) is 10.0 Å². The van der Waals surface area contributed by atoms with Gasteiger partial charge in [-0.25, -0.2) is 13.6 Å².